The van der Waals surface area contributed by atoms with E-state index in [0.29, 0.717) is 17.8 Å². The molecule has 2 atom stereocenters. The van der Waals surface area contributed by atoms with E-state index in [4.69, 9.17) is 0 Å². The number of aromatic nitrogens is 1. The number of hydrogen-bond donors (Lipinski definition) is 2. The number of carbonyl (C=O) groups is 1. The summed E-state index contributed by atoms with van der Waals surface area (Å²) in [6, 6.07) is 2.01. The highest BCUT2D eigenvalue weighted by Gasteiger charge is 2.17. The Hall–Kier alpha value is -1.24. The van der Waals surface area contributed by atoms with Gasteiger partial charge in [-0.05, 0) is 37.6 Å². The normalized spacial score (nSPS) is 13.9. The van der Waals surface area contributed by atoms with Gasteiger partial charge in [-0.3, -0.25) is 4.79 Å². The van der Waals surface area contributed by atoms with Gasteiger partial charge in [0.15, 0.2) is 0 Å². The van der Waals surface area contributed by atoms with Crippen molar-refractivity contribution in [2.75, 3.05) is 6.54 Å². The molecule has 0 aliphatic heterocycles. The van der Waals surface area contributed by atoms with E-state index in [1.54, 1.807) is 18.3 Å². The van der Waals surface area contributed by atoms with Crippen molar-refractivity contribution < 1.29 is 9.90 Å². The van der Waals surface area contributed by atoms with Gasteiger partial charge >= 0.3 is 0 Å². The van der Waals surface area contributed by atoms with Crippen LogP contribution in [0.4, 0.5) is 0 Å². The molecule has 0 saturated carbocycles. The van der Waals surface area contributed by atoms with Gasteiger partial charge < -0.3 is 10.4 Å². The van der Waals surface area contributed by atoms with Gasteiger partial charge in [-0.2, -0.15) is 11.3 Å². The molecule has 2 aromatic heterocycles. The lowest BCUT2D eigenvalue weighted by Crippen LogP contribution is -2.29. The molecule has 1 amide bonds. The van der Waals surface area contributed by atoms with Crippen LogP contribution in [0.15, 0.2) is 16.8 Å². The van der Waals surface area contributed by atoms with E-state index < -0.39 is 0 Å². The van der Waals surface area contributed by atoms with Gasteiger partial charge in [-0.1, -0.05) is 6.92 Å². The van der Waals surface area contributed by atoms with Gasteiger partial charge in [-0.25, -0.2) is 4.98 Å². The van der Waals surface area contributed by atoms with Crippen LogP contribution in [0.2, 0.25) is 0 Å². The molecule has 6 heteroatoms. The van der Waals surface area contributed by atoms with Crippen LogP contribution >= 0.6 is 22.7 Å². The largest absolute Gasteiger partial charge is 0.393 e. The van der Waals surface area contributed by atoms with Crippen molar-refractivity contribution in [2.24, 2.45) is 5.92 Å². The fraction of sp³-hybridized carbons (Fsp3) is 0.467. The molecule has 0 aromatic carbocycles. The van der Waals surface area contributed by atoms with Gasteiger partial charge in [0.05, 0.1) is 11.8 Å². The number of amides is 1. The van der Waals surface area contributed by atoms with Crippen molar-refractivity contribution >= 4 is 28.6 Å². The zero-order valence-corrected chi connectivity index (χ0v) is 14.1. The van der Waals surface area contributed by atoms with Crippen molar-refractivity contribution in [2.45, 2.75) is 33.3 Å². The highest BCUT2D eigenvalue weighted by molar-refractivity contribution is 7.17. The van der Waals surface area contributed by atoms with Crippen molar-refractivity contribution in [1.82, 2.24) is 10.3 Å². The standard InChI is InChI=1S/C15H20N2O2S2/c1-9(6-10(2)18)7-16-14(19)13-11(3)17-15(21-13)12-4-5-20-8-12/h4-5,8-10,18H,6-7H2,1-3H3,(H,16,19). The molecule has 0 aliphatic carbocycles. The monoisotopic (exact) mass is 324 g/mol. The molecule has 2 heterocycles. The predicted molar refractivity (Wildman–Crippen MR) is 88.0 cm³/mol. The third-order valence-electron chi connectivity index (χ3n) is 3.13. The molecule has 0 saturated heterocycles. The molecule has 4 nitrogen and oxygen atoms in total. The highest BCUT2D eigenvalue weighted by Crippen LogP contribution is 2.29. The van der Waals surface area contributed by atoms with Gasteiger partial charge in [0.2, 0.25) is 0 Å². The molecule has 2 unspecified atom stereocenters. The summed E-state index contributed by atoms with van der Waals surface area (Å²) in [6.07, 6.45) is 0.342. The molecule has 0 spiro atoms. The van der Waals surface area contributed by atoms with Gasteiger partial charge in [0.1, 0.15) is 9.88 Å². The number of nitrogens with zero attached hydrogens (tertiary/aromatic N) is 1. The lowest BCUT2D eigenvalue weighted by molar-refractivity contribution is 0.0942. The van der Waals surface area contributed by atoms with Crippen LogP contribution in [0.25, 0.3) is 10.6 Å². The maximum atomic E-state index is 12.2. The number of thiazole rings is 1. The van der Waals surface area contributed by atoms with Gasteiger partial charge in [0, 0.05) is 17.5 Å². The Balaban J connectivity index is 2.00. The molecule has 2 aromatic rings. The second-order valence-corrected chi connectivity index (χ2v) is 7.12. The Morgan fingerprint density at radius 1 is 1.48 bits per heavy atom. The van der Waals surface area contributed by atoms with Crippen molar-refractivity contribution in [3.63, 3.8) is 0 Å². The number of thiophene rings is 1. The second kappa shape index (κ2) is 7.15. The molecular formula is C15H20N2O2S2. The summed E-state index contributed by atoms with van der Waals surface area (Å²) in [5.41, 5.74) is 1.83. The predicted octanol–water partition coefficient (Wildman–Crippen LogP) is 3.32. The number of hydrogen-bond acceptors (Lipinski definition) is 5. The van der Waals surface area contributed by atoms with Crippen LogP contribution in [0.1, 0.15) is 35.6 Å². The first-order chi connectivity index (χ1) is 9.97. The summed E-state index contributed by atoms with van der Waals surface area (Å²) in [4.78, 5) is 17.4. The number of aliphatic hydroxyl groups is 1. The first kappa shape index (κ1) is 16.1. The van der Waals surface area contributed by atoms with Crippen molar-refractivity contribution in [1.29, 1.82) is 0 Å². The number of carbonyl (C=O) groups excluding carboxylic acids is 1. The summed E-state index contributed by atoms with van der Waals surface area (Å²) in [6.45, 7) is 6.21. The Labute approximate surface area is 132 Å². The average Bonchev–Trinajstić information content (AvgIpc) is 3.04. The van der Waals surface area contributed by atoms with E-state index in [2.05, 4.69) is 10.3 Å². The first-order valence-electron chi connectivity index (χ1n) is 6.93. The zero-order chi connectivity index (χ0) is 15.4. The maximum Gasteiger partial charge on any atom is 0.263 e. The SMILES string of the molecule is Cc1nc(-c2ccsc2)sc1C(=O)NCC(C)CC(C)O. The summed E-state index contributed by atoms with van der Waals surface area (Å²) >= 11 is 3.05. The molecule has 0 aliphatic rings. The summed E-state index contributed by atoms with van der Waals surface area (Å²) in [5, 5.41) is 17.2. The second-order valence-electron chi connectivity index (χ2n) is 5.35. The highest BCUT2D eigenvalue weighted by atomic mass is 32.1. The van der Waals surface area contributed by atoms with E-state index in [1.807, 2.05) is 30.7 Å². The van der Waals surface area contributed by atoms with E-state index in [9.17, 15) is 9.90 Å². The van der Waals surface area contributed by atoms with E-state index >= 15 is 0 Å². The molecule has 0 bridgehead atoms. The Kier molecular flexibility index (Phi) is 5.50. The van der Waals surface area contributed by atoms with Crippen LogP contribution < -0.4 is 5.32 Å². The molecule has 0 fully saturated rings. The van der Waals surface area contributed by atoms with Crippen LogP contribution in [-0.4, -0.2) is 28.6 Å². The Morgan fingerprint density at radius 3 is 2.86 bits per heavy atom. The van der Waals surface area contributed by atoms with Crippen LogP contribution in [0.3, 0.4) is 0 Å². The topological polar surface area (TPSA) is 62.2 Å². The molecular weight excluding hydrogens is 304 g/mol. The quantitative estimate of drug-likeness (QED) is 0.857. The maximum absolute atomic E-state index is 12.2. The number of rotatable bonds is 6. The lowest BCUT2D eigenvalue weighted by atomic mass is 10.0. The van der Waals surface area contributed by atoms with E-state index in [1.165, 1.54) is 11.3 Å². The summed E-state index contributed by atoms with van der Waals surface area (Å²) in [5.74, 6) is 0.169. The number of aryl methyl sites for hydroxylation is 1. The molecule has 21 heavy (non-hydrogen) atoms. The molecule has 114 valence electrons. The third-order valence-corrected chi connectivity index (χ3v) is 5.01. The average molecular weight is 324 g/mol. The minimum Gasteiger partial charge on any atom is -0.393 e. The Bertz CT molecular complexity index is 591. The first-order valence-corrected chi connectivity index (χ1v) is 8.69. The minimum absolute atomic E-state index is 0.0797. The summed E-state index contributed by atoms with van der Waals surface area (Å²) < 4.78 is 0. The molecule has 0 radical (unpaired) electrons. The molecule has 2 N–H and O–H groups in total. The van der Waals surface area contributed by atoms with Crippen molar-refractivity contribution in [3.05, 3.63) is 27.4 Å². The number of aliphatic hydroxyl groups excluding tert-OH is 1. The third kappa shape index (κ3) is 4.36. The fourth-order valence-electron chi connectivity index (χ4n) is 2.13. The van der Waals surface area contributed by atoms with Gasteiger partial charge in [0.25, 0.3) is 5.91 Å². The van der Waals surface area contributed by atoms with Crippen LogP contribution in [-0.2, 0) is 0 Å². The summed E-state index contributed by atoms with van der Waals surface area (Å²) in [7, 11) is 0. The van der Waals surface area contributed by atoms with E-state index in [0.717, 1.165) is 16.3 Å². The molecule has 2 rings (SSSR count). The Morgan fingerprint density at radius 2 is 2.24 bits per heavy atom. The zero-order valence-electron chi connectivity index (χ0n) is 12.4. The van der Waals surface area contributed by atoms with Gasteiger partial charge in [-0.15, -0.1) is 11.3 Å². The lowest BCUT2D eigenvalue weighted by Gasteiger charge is -2.13. The number of nitrogens with one attached hydrogen (secondary N) is 1. The smallest absolute Gasteiger partial charge is 0.263 e. The van der Waals surface area contributed by atoms with Crippen LogP contribution in [0.5, 0.6) is 0 Å². The van der Waals surface area contributed by atoms with Crippen LogP contribution in [0, 0.1) is 12.8 Å². The fourth-order valence-corrected chi connectivity index (χ4v) is 3.82. The minimum atomic E-state index is -0.341. The van der Waals surface area contributed by atoms with Crippen molar-refractivity contribution in [3.8, 4) is 10.6 Å². The van der Waals surface area contributed by atoms with E-state index in [-0.39, 0.29) is 17.9 Å².